The molecule has 0 radical (unpaired) electrons. The maximum absolute atomic E-state index is 8.66. The van der Waals surface area contributed by atoms with Crippen molar-refractivity contribution in [1.82, 2.24) is 0 Å². The second-order valence-corrected chi connectivity index (χ2v) is 4.82. The first-order valence-corrected chi connectivity index (χ1v) is 6.61. The van der Waals surface area contributed by atoms with E-state index in [1.807, 2.05) is 54.6 Å². The van der Waals surface area contributed by atoms with Crippen molar-refractivity contribution in [2.45, 2.75) is 9.79 Å². The second kappa shape index (κ2) is 6.98. The van der Waals surface area contributed by atoms with Crippen LogP contribution in [-0.4, -0.2) is 5.71 Å². The molecule has 0 heterocycles. The van der Waals surface area contributed by atoms with E-state index in [0.29, 0.717) is 0 Å². The van der Waals surface area contributed by atoms with Gasteiger partial charge in [0.1, 0.15) is 12.1 Å². The molecule has 0 amide bonds. The van der Waals surface area contributed by atoms with E-state index in [1.54, 1.807) is 23.9 Å². The zero-order chi connectivity index (χ0) is 14.2. The highest BCUT2D eigenvalue weighted by molar-refractivity contribution is 7.99. The van der Waals surface area contributed by atoms with E-state index in [9.17, 15) is 0 Å². The van der Waals surface area contributed by atoms with Crippen LogP contribution in [-0.2, 0) is 0 Å². The van der Waals surface area contributed by atoms with Crippen molar-refractivity contribution in [3.63, 3.8) is 0 Å². The van der Waals surface area contributed by atoms with Gasteiger partial charge in [-0.05, 0) is 24.3 Å². The topological polar surface area (TPSA) is 72.0 Å². The van der Waals surface area contributed by atoms with Crippen LogP contribution in [0.15, 0.2) is 69.5 Å². The summed E-state index contributed by atoms with van der Waals surface area (Å²) < 4.78 is 0. The molecule has 0 aliphatic carbocycles. The van der Waals surface area contributed by atoms with E-state index in [1.165, 1.54) is 0 Å². The Hall–Kier alpha value is -2.76. The summed E-state index contributed by atoms with van der Waals surface area (Å²) >= 11 is 1.58. The lowest BCUT2D eigenvalue weighted by molar-refractivity contribution is 1.28. The second-order valence-electron chi connectivity index (χ2n) is 3.71. The summed E-state index contributed by atoms with van der Waals surface area (Å²) in [6.07, 6.45) is 0. The number of nitrogens with one attached hydrogen (secondary N) is 1. The molecule has 0 saturated heterocycles. The van der Waals surface area contributed by atoms with Gasteiger partial charge >= 0.3 is 0 Å². The van der Waals surface area contributed by atoms with Crippen molar-refractivity contribution in [1.29, 1.82) is 10.5 Å². The molecule has 0 unspecified atom stereocenters. The normalized spacial score (nSPS) is 9.10. The molecule has 0 atom stereocenters. The highest BCUT2D eigenvalue weighted by Crippen LogP contribution is 2.33. The molecular formula is C15H10N4S. The van der Waals surface area contributed by atoms with E-state index in [2.05, 4.69) is 10.5 Å². The number of nitrogens with zero attached hydrogens (tertiary/aromatic N) is 3. The number of hydrazone groups is 1. The molecule has 0 spiro atoms. The van der Waals surface area contributed by atoms with Gasteiger partial charge in [-0.2, -0.15) is 15.6 Å². The molecule has 0 aliphatic heterocycles. The number of anilines is 1. The minimum atomic E-state index is -0.204. The summed E-state index contributed by atoms with van der Waals surface area (Å²) in [6.45, 7) is 0. The van der Waals surface area contributed by atoms with Crippen LogP contribution < -0.4 is 5.43 Å². The van der Waals surface area contributed by atoms with Gasteiger partial charge in [0.15, 0.2) is 0 Å². The Morgan fingerprint density at radius 1 is 0.950 bits per heavy atom. The van der Waals surface area contributed by atoms with Gasteiger partial charge < -0.3 is 0 Å². The highest BCUT2D eigenvalue weighted by atomic mass is 32.2. The molecule has 2 aromatic rings. The molecule has 4 nitrogen and oxygen atoms in total. The van der Waals surface area contributed by atoms with Gasteiger partial charge in [0.2, 0.25) is 5.71 Å². The van der Waals surface area contributed by atoms with Crippen molar-refractivity contribution in [3.05, 3.63) is 54.6 Å². The Morgan fingerprint density at radius 3 is 2.30 bits per heavy atom. The van der Waals surface area contributed by atoms with Crippen LogP contribution in [0.4, 0.5) is 5.69 Å². The quantitative estimate of drug-likeness (QED) is 0.684. The number of hydrogen-bond donors (Lipinski definition) is 1. The first kappa shape index (κ1) is 13.7. The number of rotatable bonds is 4. The summed E-state index contributed by atoms with van der Waals surface area (Å²) in [4.78, 5) is 2.07. The third kappa shape index (κ3) is 3.61. The first-order valence-electron chi connectivity index (χ1n) is 5.79. The van der Waals surface area contributed by atoms with Crippen molar-refractivity contribution in [2.75, 3.05) is 5.43 Å². The minimum Gasteiger partial charge on any atom is -0.275 e. The molecule has 5 heteroatoms. The van der Waals surface area contributed by atoms with Crippen LogP contribution in [0.25, 0.3) is 0 Å². The predicted molar refractivity (Wildman–Crippen MR) is 79.3 cm³/mol. The van der Waals surface area contributed by atoms with Gasteiger partial charge in [-0.3, -0.25) is 5.43 Å². The predicted octanol–water partition coefficient (Wildman–Crippen LogP) is 3.65. The number of hydrogen-bond acceptors (Lipinski definition) is 5. The highest BCUT2D eigenvalue weighted by Gasteiger charge is 2.03. The molecule has 20 heavy (non-hydrogen) atoms. The van der Waals surface area contributed by atoms with Crippen molar-refractivity contribution < 1.29 is 0 Å². The smallest absolute Gasteiger partial charge is 0.237 e. The van der Waals surface area contributed by atoms with E-state index in [4.69, 9.17) is 10.5 Å². The molecule has 0 saturated carbocycles. The number of nitriles is 2. The summed E-state index contributed by atoms with van der Waals surface area (Å²) in [5.74, 6) is 0. The average Bonchev–Trinajstić information content (AvgIpc) is 2.51. The Labute approximate surface area is 121 Å². The fourth-order valence-electron chi connectivity index (χ4n) is 1.45. The summed E-state index contributed by atoms with van der Waals surface area (Å²) in [5.41, 5.74) is 3.31. The monoisotopic (exact) mass is 278 g/mol. The van der Waals surface area contributed by atoms with Crippen molar-refractivity contribution in [2.24, 2.45) is 5.10 Å². The maximum atomic E-state index is 8.66. The Kier molecular flexibility index (Phi) is 4.77. The van der Waals surface area contributed by atoms with Gasteiger partial charge in [0.25, 0.3) is 0 Å². The average molecular weight is 278 g/mol. The van der Waals surface area contributed by atoms with Gasteiger partial charge in [-0.15, -0.1) is 0 Å². The molecule has 0 aliphatic rings. The third-order valence-corrected chi connectivity index (χ3v) is 3.44. The van der Waals surface area contributed by atoms with Crippen LogP contribution in [0.3, 0.4) is 0 Å². The standard InChI is InChI=1S/C15H10N4S/c16-10-12(11-17)18-19-14-8-4-5-9-15(14)20-13-6-2-1-3-7-13/h1-9,19H. The molecule has 2 aromatic carbocycles. The van der Waals surface area contributed by atoms with E-state index in [0.717, 1.165) is 15.5 Å². The molecule has 2 rings (SSSR count). The van der Waals surface area contributed by atoms with Crippen LogP contribution >= 0.6 is 11.8 Å². The van der Waals surface area contributed by atoms with Crippen LogP contribution in [0, 0.1) is 22.7 Å². The largest absolute Gasteiger partial charge is 0.275 e. The van der Waals surface area contributed by atoms with Crippen LogP contribution in [0.5, 0.6) is 0 Å². The zero-order valence-corrected chi connectivity index (χ0v) is 11.3. The zero-order valence-electron chi connectivity index (χ0n) is 10.4. The lowest BCUT2D eigenvalue weighted by Gasteiger charge is -2.07. The Balaban J connectivity index is 2.21. The van der Waals surface area contributed by atoms with Gasteiger partial charge in [-0.1, -0.05) is 42.1 Å². The number of para-hydroxylation sites is 1. The lowest BCUT2D eigenvalue weighted by atomic mass is 10.3. The Morgan fingerprint density at radius 2 is 1.60 bits per heavy atom. The molecule has 0 bridgehead atoms. The van der Waals surface area contributed by atoms with Crippen LogP contribution in [0.1, 0.15) is 0 Å². The molecule has 0 fully saturated rings. The van der Waals surface area contributed by atoms with Crippen molar-refractivity contribution in [3.8, 4) is 12.1 Å². The van der Waals surface area contributed by atoms with E-state index in [-0.39, 0.29) is 5.71 Å². The van der Waals surface area contributed by atoms with Gasteiger partial charge in [-0.25, -0.2) is 0 Å². The Bertz CT molecular complexity index is 680. The third-order valence-electron chi connectivity index (χ3n) is 2.36. The fourth-order valence-corrected chi connectivity index (χ4v) is 2.37. The molecule has 1 N–H and O–H groups in total. The van der Waals surface area contributed by atoms with Crippen molar-refractivity contribution >= 4 is 23.2 Å². The summed E-state index contributed by atoms with van der Waals surface area (Å²) in [5, 5.41) is 21.1. The fraction of sp³-hybridized carbons (Fsp3) is 0. The number of benzene rings is 2. The summed E-state index contributed by atoms with van der Waals surface area (Å²) in [7, 11) is 0. The molecule has 0 aromatic heterocycles. The van der Waals surface area contributed by atoms with E-state index < -0.39 is 0 Å². The van der Waals surface area contributed by atoms with E-state index >= 15 is 0 Å². The minimum absolute atomic E-state index is 0.204. The van der Waals surface area contributed by atoms with Gasteiger partial charge in [0.05, 0.1) is 5.69 Å². The van der Waals surface area contributed by atoms with Crippen LogP contribution in [0.2, 0.25) is 0 Å². The van der Waals surface area contributed by atoms with Gasteiger partial charge in [0, 0.05) is 9.79 Å². The molecular weight excluding hydrogens is 268 g/mol. The maximum Gasteiger partial charge on any atom is 0.237 e. The SMILES string of the molecule is N#CC(C#N)=NNc1ccccc1Sc1ccccc1. The summed E-state index contributed by atoms with van der Waals surface area (Å²) in [6, 6.07) is 21.0. The molecule has 96 valence electrons. The first-order chi connectivity index (χ1) is 9.83. The lowest BCUT2D eigenvalue weighted by Crippen LogP contribution is -1.97.